The third-order valence-electron chi connectivity index (χ3n) is 2.49. The summed E-state index contributed by atoms with van der Waals surface area (Å²) in [7, 11) is 0. The molecule has 2 aromatic rings. The first-order valence-corrected chi connectivity index (χ1v) is 6.24. The van der Waals surface area contributed by atoms with Crippen molar-refractivity contribution in [3.63, 3.8) is 0 Å². The van der Waals surface area contributed by atoms with Gasteiger partial charge in [0.15, 0.2) is 6.61 Å². The van der Waals surface area contributed by atoms with Gasteiger partial charge in [0.05, 0.1) is 11.3 Å². The zero-order valence-electron chi connectivity index (χ0n) is 10.5. The van der Waals surface area contributed by atoms with E-state index in [0.29, 0.717) is 22.0 Å². The summed E-state index contributed by atoms with van der Waals surface area (Å²) in [4.78, 5) is 11.8. The van der Waals surface area contributed by atoms with E-state index in [1.807, 2.05) is 6.07 Å². The average Bonchev–Trinajstić information content (AvgIpc) is 2.46. The molecule has 0 aliphatic heterocycles. The van der Waals surface area contributed by atoms with E-state index in [2.05, 4.69) is 5.32 Å². The zero-order chi connectivity index (χ0) is 14.4. The van der Waals surface area contributed by atoms with Crippen molar-refractivity contribution in [3.05, 3.63) is 59.1 Å². The van der Waals surface area contributed by atoms with Gasteiger partial charge < -0.3 is 10.1 Å². The maximum Gasteiger partial charge on any atom is 0.262 e. The van der Waals surface area contributed by atoms with Crippen molar-refractivity contribution in [1.29, 1.82) is 5.26 Å². The lowest BCUT2D eigenvalue weighted by atomic mass is 10.2. The maximum atomic E-state index is 11.8. The summed E-state index contributed by atoms with van der Waals surface area (Å²) in [6.07, 6.45) is 0. The largest absolute Gasteiger partial charge is 0.484 e. The van der Waals surface area contributed by atoms with Crippen molar-refractivity contribution in [2.75, 3.05) is 11.9 Å². The van der Waals surface area contributed by atoms with Crippen molar-refractivity contribution >= 4 is 23.2 Å². The molecule has 0 saturated heterocycles. The Morgan fingerprint density at radius 1 is 1.25 bits per heavy atom. The number of hydrogen-bond donors (Lipinski definition) is 1. The van der Waals surface area contributed by atoms with E-state index in [-0.39, 0.29) is 12.5 Å². The molecule has 0 aliphatic carbocycles. The molecule has 0 fully saturated rings. The number of para-hydroxylation sites is 1. The Balaban J connectivity index is 1.95. The highest BCUT2D eigenvalue weighted by Crippen LogP contribution is 2.17. The predicted octanol–water partition coefficient (Wildman–Crippen LogP) is 3.23. The highest BCUT2D eigenvalue weighted by Gasteiger charge is 2.07. The minimum atomic E-state index is -0.340. The van der Waals surface area contributed by atoms with Gasteiger partial charge in [-0.25, -0.2) is 0 Å². The van der Waals surface area contributed by atoms with Crippen LogP contribution in [-0.2, 0) is 4.79 Å². The molecule has 20 heavy (non-hydrogen) atoms. The van der Waals surface area contributed by atoms with E-state index in [1.165, 1.54) is 0 Å². The van der Waals surface area contributed by atoms with Gasteiger partial charge in [-0.3, -0.25) is 4.79 Å². The van der Waals surface area contributed by atoms with Crippen LogP contribution in [0.4, 0.5) is 5.69 Å². The monoisotopic (exact) mass is 286 g/mol. The topological polar surface area (TPSA) is 62.1 Å². The van der Waals surface area contributed by atoms with E-state index >= 15 is 0 Å². The molecular formula is C15H11ClN2O2. The Labute approximate surface area is 121 Å². The van der Waals surface area contributed by atoms with E-state index in [0.717, 1.165) is 0 Å². The number of nitrogens with one attached hydrogen (secondary N) is 1. The highest BCUT2D eigenvalue weighted by atomic mass is 35.5. The van der Waals surface area contributed by atoms with Gasteiger partial charge in [0, 0.05) is 5.02 Å². The van der Waals surface area contributed by atoms with Crippen LogP contribution in [0, 0.1) is 11.3 Å². The number of carbonyl (C=O) groups is 1. The molecule has 4 nitrogen and oxygen atoms in total. The van der Waals surface area contributed by atoms with Crippen LogP contribution in [0.25, 0.3) is 0 Å². The van der Waals surface area contributed by atoms with Crippen molar-refractivity contribution in [2.45, 2.75) is 0 Å². The Kier molecular flexibility index (Phi) is 4.59. The SMILES string of the molecule is N#Cc1ccccc1NC(=O)COc1cccc(Cl)c1. The van der Waals surface area contributed by atoms with Gasteiger partial charge in [0.2, 0.25) is 0 Å². The van der Waals surface area contributed by atoms with Crippen LogP contribution < -0.4 is 10.1 Å². The van der Waals surface area contributed by atoms with Crippen LogP contribution >= 0.6 is 11.6 Å². The third kappa shape index (κ3) is 3.74. The standard InChI is InChI=1S/C15H11ClN2O2/c16-12-5-3-6-13(8-12)20-10-15(19)18-14-7-2-1-4-11(14)9-17/h1-8H,10H2,(H,18,19). The summed E-state index contributed by atoms with van der Waals surface area (Å²) in [6.45, 7) is -0.153. The molecule has 0 atom stereocenters. The molecular weight excluding hydrogens is 276 g/mol. The minimum Gasteiger partial charge on any atom is -0.484 e. The van der Waals surface area contributed by atoms with Crippen molar-refractivity contribution in [3.8, 4) is 11.8 Å². The summed E-state index contributed by atoms with van der Waals surface area (Å²) in [5.74, 6) is 0.175. The summed E-state index contributed by atoms with van der Waals surface area (Å²) in [5.41, 5.74) is 0.873. The summed E-state index contributed by atoms with van der Waals surface area (Å²) in [5, 5.41) is 12.1. The van der Waals surface area contributed by atoms with Gasteiger partial charge in [0.1, 0.15) is 11.8 Å². The molecule has 1 N–H and O–H groups in total. The Morgan fingerprint density at radius 3 is 2.80 bits per heavy atom. The van der Waals surface area contributed by atoms with Gasteiger partial charge in [-0.1, -0.05) is 29.8 Å². The molecule has 1 amide bonds. The van der Waals surface area contributed by atoms with Gasteiger partial charge >= 0.3 is 0 Å². The van der Waals surface area contributed by atoms with Gasteiger partial charge in [0.25, 0.3) is 5.91 Å². The molecule has 2 rings (SSSR count). The quantitative estimate of drug-likeness (QED) is 0.938. The summed E-state index contributed by atoms with van der Waals surface area (Å²) < 4.78 is 5.31. The fourth-order valence-electron chi connectivity index (χ4n) is 1.58. The second-order valence-electron chi connectivity index (χ2n) is 3.95. The first kappa shape index (κ1) is 13.9. The number of halogens is 1. The Bertz CT molecular complexity index is 665. The molecule has 100 valence electrons. The van der Waals surface area contributed by atoms with Crippen LogP contribution in [0.2, 0.25) is 5.02 Å². The molecule has 0 aliphatic rings. The normalized spacial score (nSPS) is 9.60. The second kappa shape index (κ2) is 6.60. The fourth-order valence-corrected chi connectivity index (χ4v) is 1.76. The van der Waals surface area contributed by atoms with Crippen LogP contribution in [-0.4, -0.2) is 12.5 Å². The summed E-state index contributed by atoms with van der Waals surface area (Å²) in [6, 6.07) is 15.6. The van der Waals surface area contributed by atoms with Crippen LogP contribution in [0.5, 0.6) is 5.75 Å². The van der Waals surface area contributed by atoms with Crippen LogP contribution in [0.15, 0.2) is 48.5 Å². The van der Waals surface area contributed by atoms with E-state index in [1.54, 1.807) is 48.5 Å². The summed E-state index contributed by atoms with van der Waals surface area (Å²) >= 11 is 5.81. The number of hydrogen-bond acceptors (Lipinski definition) is 3. The Morgan fingerprint density at radius 2 is 2.05 bits per heavy atom. The number of nitrogens with zero attached hydrogens (tertiary/aromatic N) is 1. The number of amides is 1. The smallest absolute Gasteiger partial charge is 0.262 e. The molecule has 0 saturated carbocycles. The van der Waals surface area contributed by atoms with Gasteiger partial charge in [-0.05, 0) is 30.3 Å². The first-order valence-electron chi connectivity index (χ1n) is 5.86. The van der Waals surface area contributed by atoms with Crippen LogP contribution in [0.3, 0.4) is 0 Å². The predicted molar refractivity (Wildman–Crippen MR) is 76.7 cm³/mol. The number of anilines is 1. The zero-order valence-corrected chi connectivity index (χ0v) is 11.2. The van der Waals surface area contributed by atoms with Crippen LogP contribution in [0.1, 0.15) is 5.56 Å². The van der Waals surface area contributed by atoms with E-state index < -0.39 is 0 Å². The highest BCUT2D eigenvalue weighted by molar-refractivity contribution is 6.30. The molecule has 0 spiro atoms. The van der Waals surface area contributed by atoms with Crippen molar-refractivity contribution in [2.24, 2.45) is 0 Å². The number of carbonyl (C=O) groups excluding carboxylic acids is 1. The Hall–Kier alpha value is -2.51. The number of benzene rings is 2. The first-order chi connectivity index (χ1) is 9.69. The van der Waals surface area contributed by atoms with Crippen molar-refractivity contribution < 1.29 is 9.53 Å². The molecule has 0 radical (unpaired) electrons. The lowest BCUT2D eigenvalue weighted by Crippen LogP contribution is -2.20. The fraction of sp³-hybridized carbons (Fsp3) is 0.0667. The number of nitriles is 1. The molecule has 0 unspecified atom stereocenters. The second-order valence-corrected chi connectivity index (χ2v) is 4.39. The average molecular weight is 287 g/mol. The van der Waals surface area contributed by atoms with Crippen molar-refractivity contribution in [1.82, 2.24) is 0 Å². The number of rotatable bonds is 4. The minimum absolute atomic E-state index is 0.153. The third-order valence-corrected chi connectivity index (χ3v) is 2.72. The molecule has 0 aromatic heterocycles. The van der Waals surface area contributed by atoms with Gasteiger partial charge in [-0.15, -0.1) is 0 Å². The molecule has 0 heterocycles. The number of ether oxygens (including phenoxy) is 1. The van der Waals surface area contributed by atoms with E-state index in [4.69, 9.17) is 21.6 Å². The van der Waals surface area contributed by atoms with E-state index in [9.17, 15) is 4.79 Å². The molecule has 2 aromatic carbocycles. The lowest BCUT2D eigenvalue weighted by molar-refractivity contribution is -0.118. The lowest BCUT2D eigenvalue weighted by Gasteiger charge is -2.08. The molecule has 0 bridgehead atoms. The maximum absolute atomic E-state index is 11.8. The molecule has 5 heteroatoms. The van der Waals surface area contributed by atoms with Gasteiger partial charge in [-0.2, -0.15) is 5.26 Å².